The largest absolute Gasteiger partial charge is 1.00 e. The monoisotopic (exact) mass is 481 g/mol. The summed E-state index contributed by atoms with van der Waals surface area (Å²) in [5.74, 6) is 1.20. The second-order valence-corrected chi connectivity index (χ2v) is 6.03. The van der Waals surface area contributed by atoms with Gasteiger partial charge in [-0.3, -0.25) is 4.79 Å². The third-order valence-electron chi connectivity index (χ3n) is 0.287. The predicted molar refractivity (Wildman–Crippen MR) is 113 cm³/mol. The van der Waals surface area contributed by atoms with Gasteiger partial charge in [0.2, 0.25) is 9.23 Å². The summed E-state index contributed by atoms with van der Waals surface area (Å²) in [6.45, 7) is 11.3. The molecule has 0 aliphatic rings. The van der Waals surface area contributed by atoms with Crippen LogP contribution in [0.5, 0.6) is 0 Å². The van der Waals surface area contributed by atoms with Gasteiger partial charge < -0.3 is 11.3 Å². The van der Waals surface area contributed by atoms with Crippen molar-refractivity contribution in [1.82, 2.24) is 0 Å². The van der Waals surface area contributed by atoms with Gasteiger partial charge >= 0.3 is 35.5 Å². The van der Waals surface area contributed by atoms with E-state index in [1.54, 1.807) is 6.92 Å². The quantitative estimate of drug-likeness (QED) is 0.249. The van der Waals surface area contributed by atoms with Crippen molar-refractivity contribution in [2.45, 2.75) is 48.0 Å². The molecule has 0 saturated heterocycles. The van der Waals surface area contributed by atoms with Crippen LogP contribution >= 0.6 is 57.0 Å². The van der Waals surface area contributed by atoms with Gasteiger partial charge in [-0.15, -0.1) is 35.6 Å². The number of ether oxygens (including phenoxy) is 1. The second kappa shape index (κ2) is 85.0. The zero-order valence-corrected chi connectivity index (χ0v) is 22.6. The molecule has 0 aromatic rings. The molecule has 3 radical (unpaired) electrons. The first-order chi connectivity index (χ1) is 9.66. The van der Waals surface area contributed by atoms with Gasteiger partial charge in [0.05, 0.1) is 7.11 Å². The number of halogens is 5. The first kappa shape index (κ1) is 56.2. The number of hydrogen-bond donors (Lipinski definition) is 1. The maximum Gasteiger partial charge on any atom is 1.00 e. The van der Waals surface area contributed by atoms with Gasteiger partial charge in [-0.1, -0.05) is 34.1 Å². The number of methoxy groups -OCH3 is 1. The molecule has 1 N–H and O–H groups in total. The molecule has 0 aliphatic heterocycles. The van der Waals surface area contributed by atoms with Crippen molar-refractivity contribution in [1.29, 1.82) is 0 Å². The third-order valence-corrected chi connectivity index (χ3v) is 0.287. The normalized spacial score (nSPS) is 5.88. The summed E-state index contributed by atoms with van der Waals surface area (Å²) in [6, 6.07) is 0. The molecule has 0 aliphatic carbocycles. The number of aliphatic hydroxyl groups is 1. The van der Waals surface area contributed by atoms with E-state index in [2.05, 4.69) is 39.9 Å². The number of alkyl halides is 2. The minimum atomic E-state index is -1.67. The standard InChI is InChI=1S/C3H6O2.C3H8.2C2H5Cl.C2H6O.B.Cl2OS.ClH.Na.H/c1-3(4)5-2;1-3-2;3*1-2-3;;1-4(2)3;;;/h1-2H3;3H2,1-2H3;2*2H2,1H3;3H,2H2,1H3;;;1H;;/q;;;;;;;;+1;-1. The van der Waals surface area contributed by atoms with Crippen LogP contribution in [0.15, 0.2) is 0 Å². The molecule has 4 nitrogen and oxygen atoms in total. The summed E-state index contributed by atoms with van der Waals surface area (Å²) >= 11 is 10.00. The van der Waals surface area contributed by atoms with E-state index in [0.717, 1.165) is 11.8 Å². The van der Waals surface area contributed by atoms with Crippen molar-refractivity contribution >= 4 is 80.6 Å². The Kier molecular flexibility index (Phi) is 199. The summed E-state index contributed by atoms with van der Waals surface area (Å²) in [6.07, 6.45) is 1.25. The Morgan fingerprint density at radius 2 is 1.12 bits per heavy atom. The number of carbonyl (C=O) groups excluding carboxylic acids is 1. The van der Waals surface area contributed by atoms with E-state index in [-0.39, 0.29) is 64.4 Å². The number of esters is 1. The molecule has 0 amide bonds. The van der Waals surface area contributed by atoms with E-state index < -0.39 is 9.23 Å². The van der Waals surface area contributed by atoms with Crippen LogP contribution in [-0.4, -0.2) is 49.2 Å². The smallest absolute Gasteiger partial charge is 1.00 e. The molecular weight excluding hydrogens is 451 g/mol. The fraction of sp³-hybridized carbons (Fsp3) is 0.917. The maximum atomic E-state index is 9.59. The Bertz CT molecular complexity index is 172. The van der Waals surface area contributed by atoms with Crippen LogP contribution in [0.2, 0.25) is 0 Å². The van der Waals surface area contributed by atoms with E-state index in [1.165, 1.54) is 20.5 Å². The minimum Gasteiger partial charge on any atom is -1.00 e. The zero-order chi connectivity index (χ0) is 18.7. The molecule has 0 aromatic heterocycles. The molecular formula is C12H32BCl5NaO4S. The van der Waals surface area contributed by atoms with Gasteiger partial charge in [0.1, 0.15) is 0 Å². The molecule has 0 fully saturated rings. The summed E-state index contributed by atoms with van der Waals surface area (Å²) in [7, 11) is 8.71. The molecule has 0 unspecified atom stereocenters. The van der Waals surface area contributed by atoms with Crippen LogP contribution in [0.25, 0.3) is 0 Å². The van der Waals surface area contributed by atoms with Crippen molar-refractivity contribution in [3.05, 3.63) is 0 Å². The first-order valence-corrected chi connectivity index (χ1v) is 10.0. The van der Waals surface area contributed by atoms with Crippen LogP contribution in [0, 0.1) is 0 Å². The number of carbonyl (C=O) groups is 1. The second-order valence-electron chi connectivity index (χ2n) is 2.44. The molecule has 0 spiro atoms. The van der Waals surface area contributed by atoms with E-state index in [9.17, 15) is 4.79 Å². The van der Waals surface area contributed by atoms with Gasteiger partial charge in [-0.2, -0.15) is 0 Å². The predicted octanol–water partition coefficient (Wildman–Crippen LogP) is 2.28. The molecule has 0 aromatic carbocycles. The topological polar surface area (TPSA) is 63.6 Å². The summed E-state index contributed by atoms with van der Waals surface area (Å²) in [5, 5.41) is 7.57. The number of hydrogen-bond acceptors (Lipinski definition) is 4. The minimum absolute atomic E-state index is 0. The third kappa shape index (κ3) is 766. The summed E-state index contributed by atoms with van der Waals surface area (Å²) in [5.41, 5.74) is 0. The SMILES string of the molecule is CCC.CCCl.CCCl.CCO.COC(C)=O.Cl.O=S(Cl)Cl.[B].[H-].[Na+]. The molecule has 0 heterocycles. The Hall–Kier alpha value is 2.09. The number of aliphatic hydroxyl groups excluding tert-OH is 1. The van der Waals surface area contributed by atoms with Gasteiger partial charge in [-0.05, 0) is 6.92 Å². The van der Waals surface area contributed by atoms with Crippen molar-refractivity contribution in [2.24, 2.45) is 0 Å². The Balaban J connectivity index is -0.0000000132. The van der Waals surface area contributed by atoms with E-state index >= 15 is 0 Å². The van der Waals surface area contributed by atoms with Gasteiger partial charge in [0.15, 0.2) is 0 Å². The molecule has 0 rings (SSSR count). The van der Waals surface area contributed by atoms with Crippen LogP contribution in [0.3, 0.4) is 0 Å². The molecule has 149 valence electrons. The summed E-state index contributed by atoms with van der Waals surface area (Å²) in [4.78, 5) is 9.59. The Morgan fingerprint density at radius 1 is 1.08 bits per heavy atom. The average molecular weight is 484 g/mol. The van der Waals surface area contributed by atoms with Crippen LogP contribution in [0.1, 0.15) is 49.4 Å². The molecule has 0 saturated carbocycles. The average Bonchev–Trinajstić information content (AvgIpc) is 2.32. The first-order valence-electron chi connectivity index (χ1n) is 6.18. The summed E-state index contributed by atoms with van der Waals surface area (Å²) < 4.78 is 13.2. The fourth-order valence-electron chi connectivity index (χ4n) is 0. The van der Waals surface area contributed by atoms with Gasteiger partial charge in [0.25, 0.3) is 0 Å². The van der Waals surface area contributed by atoms with Crippen LogP contribution in [-0.2, 0) is 18.8 Å². The van der Waals surface area contributed by atoms with Crippen LogP contribution < -0.4 is 29.6 Å². The van der Waals surface area contributed by atoms with E-state index in [1.807, 2.05) is 13.8 Å². The van der Waals surface area contributed by atoms with Crippen LogP contribution in [0.4, 0.5) is 0 Å². The Labute approximate surface area is 202 Å². The zero-order valence-electron chi connectivity index (χ0n) is 16.9. The molecule has 12 heteroatoms. The number of rotatable bonds is 0. The van der Waals surface area contributed by atoms with Crippen molar-refractivity contribution in [3.63, 3.8) is 0 Å². The molecule has 0 atom stereocenters. The van der Waals surface area contributed by atoms with E-state index in [0.29, 0.717) is 0 Å². The van der Waals surface area contributed by atoms with E-state index in [4.69, 9.17) is 32.5 Å². The van der Waals surface area contributed by atoms with Crippen molar-refractivity contribution < 1.29 is 49.8 Å². The van der Waals surface area contributed by atoms with Gasteiger partial charge in [0, 0.05) is 55.1 Å². The molecule has 24 heavy (non-hydrogen) atoms. The van der Waals surface area contributed by atoms with Gasteiger partial charge in [-0.25, -0.2) is 4.21 Å². The maximum absolute atomic E-state index is 9.59. The van der Waals surface area contributed by atoms with Crippen molar-refractivity contribution in [2.75, 3.05) is 25.5 Å². The Morgan fingerprint density at radius 3 is 1.12 bits per heavy atom. The van der Waals surface area contributed by atoms with Crippen molar-refractivity contribution in [3.8, 4) is 0 Å². The fourth-order valence-corrected chi connectivity index (χ4v) is 0. The molecule has 0 bridgehead atoms.